The molecule has 0 fully saturated rings. The Morgan fingerprint density at radius 3 is 2.12 bits per heavy atom. The van der Waals surface area contributed by atoms with Crippen molar-refractivity contribution in [1.82, 2.24) is 14.9 Å². The Kier molecular flexibility index (Phi) is 9.79. The van der Waals surface area contributed by atoms with Gasteiger partial charge in [0.15, 0.2) is 5.16 Å². The number of amides is 2. The van der Waals surface area contributed by atoms with Crippen molar-refractivity contribution in [2.75, 3.05) is 30.1 Å². The number of rotatable bonds is 10. The van der Waals surface area contributed by atoms with Gasteiger partial charge in [-0.1, -0.05) is 65.8 Å². The zero-order chi connectivity index (χ0) is 28.6. The first-order valence-corrected chi connectivity index (χ1v) is 14.2. The summed E-state index contributed by atoms with van der Waals surface area (Å²) in [7, 11) is 3.92. The average molecular weight is 574 g/mol. The molecule has 0 aliphatic carbocycles. The minimum atomic E-state index is -0.876. The van der Waals surface area contributed by atoms with Crippen LogP contribution in [0.5, 0.6) is 0 Å². The lowest BCUT2D eigenvalue weighted by atomic mass is 10.0. The molecule has 0 saturated carbocycles. The van der Waals surface area contributed by atoms with Gasteiger partial charge in [0.05, 0.1) is 5.75 Å². The van der Waals surface area contributed by atoms with E-state index in [0.29, 0.717) is 21.4 Å². The van der Waals surface area contributed by atoms with Gasteiger partial charge in [-0.05, 0) is 67.4 Å². The molecule has 0 bridgehead atoms. The second-order valence-electron chi connectivity index (χ2n) is 9.61. The van der Waals surface area contributed by atoms with Gasteiger partial charge in [-0.2, -0.15) is 0 Å². The van der Waals surface area contributed by atoms with Crippen molar-refractivity contribution in [3.63, 3.8) is 0 Å². The highest BCUT2D eigenvalue weighted by Crippen LogP contribution is 2.28. The number of thioether (sulfide) groups is 1. The molecule has 7 nitrogen and oxygen atoms in total. The van der Waals surface area contributed by atoms with Crippen molar-refractivity contribution in [3.8, 4) is 0 Å². The van der Waals surface area contributed by atoms with Crippen LogP contribution in [0.1, 0.15) is 28.6 Å². The first-order chi connectivity index (χ1) is 19.2. The molecule has 0 radical (unpaired) electrons. The molecule has 0 aliphatic heterocycles. The van der Waals surface area contributed by atoms with Gasteiger partial charge in [0.25, 0.3) is 5.91 Å². The summed E-state index contributed by atoms with van der Waals surface area (Å²) in [5.74, 6) is -0.446. The zero-order valence-electron chi connectivity index (χ0n) is 23.0. The summed E-state index contributed by atoms with van der Waals surface area (Å²) >= 11 is 7.38. The summed E-state index contributed by atoms with van der Waals surface area (Å²) in [5.41, 5.74) is 4.90. The van der Waals surface area contributed by atoms with Gasteiger partial charge < -0.3 is 15.1 Å². The van der Waals surface area contributed by atoms with Crippen LogP contribution in [0, 0.1) is 13.8 Å². The van der Waals surface area contributed by atoms with Gasteiger partial charge in [0.2, 0.25) is 5.91 Å². The van der Waals surface area contributed by atoms with E-state index in [1.807, 2.05) is 106 Å². The Bertz CT molecular complexity index is 1430. The number of anilines is 2. The van der Waals surface area contributed by atoms with E-state index < -0.39 is 6.04 Å². The lowest BCUT2D eigenvalue weighted by Crippen LogP contribution is -2.41. The van der Waals surface area contributed by atoms with Crippen molar-refractivity contribution >= 4 is 46.6 Å². The molecule has 206 valence electrons. The summed E-state index contributed by atoms with van der Waals surface area (Å²) in [4.78, 5) is 40.3. The standard InChI is InChI=1S/C31H32ClN5O2S/c1-21-18-22(2)34-31(33-21)40-20-28(38)37(19-23-10-12-25(32)13-11-23)29(24-8-6-5-7-9-24)30(39)35-26-14-16-27(17-15-26)36(3)4/h5-18,29H,19-20H2,1-4H3,(H,35,39)/t29-/m1/s1. The Balaban J connectivity index is 1.66. The van der Waals surface area contributed by atoms with Gasteiger partial charge in [0.1, 0.15) is 6.04 Å². The van der Waals surface area contributed by atoms with Gasteiger partial charge in [-0.3, -0.25) is 9.59 Å². The molecule has 9 heteroatoms. The summed E-state index contributed by atoms with van der Waals surface area (Å²) in [6, 6.07) is 25.2. The van der Waals surface area contributed by atoms with Gasteiger partial charge in [-0.15, -0.1) is 0 Å². The largest absolute Gasteiger partial charge is 0.378 e. The highest BCUT2D eigenvalue weighted by atomic mass is 35.5. The molecule has 1 aromatic heterocycles. The SMILES string of the molecule is Cc1cc(C)nc(SCC(=O)N(Cc2ccc(Cl)cc2)[C@@H](C(=O)Nc2ccc(N(C)C)cc2)c2ccccc2)n1. The number of hydrogen-bond donors (Lipinski definition) is 1. The summed E-state index contributed by atoms with van der Waals surface area (Å²) in [5, 5.41) is 4.15. The number of benzene rings is 3. The van der Waals surface area contributed by atoms with Crippen LogP contribution in [0.25, 0.3) is 0 Å². The number of nitrogens with one attached hydrogen (secondary N) is 1. The van der Waals surface area contributed by atoms with E-state index in [1.165, 1.54) is 11.8 Å². The molecule has 4 rings (SSSR count). The van der Waals surface area contributed by atoms with E-state index in [-0.39, 0.29) is 24.1 Å². The summed E-state index contributed by atoms with van der Waals surface area (Å²) in [6.07, 6.45) is 0. The molecule has 2 amide bonds. The van der Waals surface area contributed by atoms with E-state index in [2.05, 4.69) is 15.3 Å². The van der Waals surface area contributed by atoms with E-state index >= 15 is 0 Å². The smallest absolute Gasteiger partial charge is 0.251 e. The molecule has 1 atom stereocenters. The van der Waals surface area contributed by atoms with E-state index in [9.17, 15) is 9.59 Å². The van der Waals surface area contributed by atoms with Crippen LogP contribution in [0.15, 0.2) is 90.1 Å². The monoisotopic (exact) mass is 573 g/mol. The van der Waals surface area contributed by atoms with Gasteiger partial charge in [-0.25, -0.2) is 9.97 Å². The van der Waals surface area contributed by atoms with E-state index in [0.717, 1.165) is 22.6 Å². The maximum absolute atomic E-state index is 13.9. The molecule has 0 saturated heterocycles. The van der Waals surface area contributed by atoms with Gasteiger partial charge in [0, 0.05) is 48.4 Å². The number of halogens is 1. The Hall–Kier alpha value is -3.88. The summed E-state index contributed by atoms with van der Waals surface area (Å²) < 4.78 is 0. The van der Waals surface area contributed by atoms with Crippen molar-refractivity contribution in [2.45, 2.75) is 31.6 Å². The fourth-order valence-electron chi connectivity index (χ4n) is 4.24. The highest BCUT2D eigenvalue weighted by Gasteiger charge is 2.32. The molecular weight excluding hydrogens is 542 g/mol. The number of aromatic nitrogens is 2. The number of carbonyl (C=O) groups excluding carboxylic acids is 2. The normalized spacial score (nSPS) is 11.5. The van der Waals surface area contributed by atoms with Crippen LogP contribution in [-0.2, 0) is 16.1 Å². The molecule has 1 N–H and O–H groups in total. The molecule has 0 aliphatic rings. The first kappa shape index (κ1) is 29.1. The minimum absolute atomic E-state index is 0.0740. The van der Waals surface area contributed by atoms with Gasteiger partial charge >= 0.3 is 0 Å². The third-order valence-electron chi connectivity index (χ3n) is 6.20. The molecule has 3 aromatic carbocycles. The molecule has 4 aromatic rings. The van der Waals surface area contributed by atoms with E-state index in [1.54, 1.807) is 17.0 Å². The fourth-order valence-corrected chi connectivity index (χ4v) is 5.20. The summed E-state index contributed by atoms with van der Waals surface area (Å²) in [6.45, 7) is 4.01. The third kappa shape index (κ3) is 7.83. The quantitative estimate of drug-likeness (QED) is 0.177. The van der Waals surface area contributed by atoms with E-state index in [4.69, 9.17) is 11.6 Å². The maximum atomic E-state index is 13.9. The number of nitrogens with zero attached hydrogens (tertiary/aromatic N) is 4. The van der Waals surface area contributed by atoms with Crippen molar-refractivity contribution in [3.05, 3.63) is 112 Å². The predicted octanol–water partition coefficient (Wildman–Crippen LogP) is 6.31. The second-order valence-corrected chi connectivity index (χ2v) is 11.0. The third-order valence-corrected chi connectivity index (χ3v) is 7.28. The van der Waals surface area contributed by atoms with Crippen molar-refractivity contribution in [2.24, 2.45) is 0 Å². The average Bonchev–Trinajstić information content (AvgIpc) is 2.93. The Morgan fingerprint density at radius 2 is 1.52 bits per heavy atom. The maximum Gasteiger partial charge on any atom is 0.251 e. The molecule has 1 heterocycles. The van der Waals surface area contributed by atoms with Crippen LogP contribution in [0.3, 0.4) is 0 Å². The fraction of sp³-hybridized carbons (Fsp3) is 0.226. The lowest BCUT2D eigenvalue weighted by molar-refractivity contribution is -0.137. The van der Waals surface area contributed by atoms with Crippen molar-refractivity contribution < 1.29 is 9.59 Å². The van der Waals surface area contributed by atoms with Crippen LogP contribution in [0.4, 0.5) is 11.4 Å². The zero-order valence-corrected chi connectivity index (χ0v) is 24.5. The topological polar surface area (TPSA) is 78.4 Å². The minimum Gasteiger partial charge on any atom is -0.378 e. The van der Waals surface area contributed by atoms with Crippen LogP contribution in [0.2, 0.25) is 5.02 Å². The highest BCUT2D eigenvalue weighted by molar-refractivity contribution is 7.99. The van der Waals surface area contributed by atoms with Crippen LogP contribution < -0.4 is 10.2 Å². The van der Waals surface area contributed by atoms with Crippen LogP contribution >= 0.6 is 23.4 Å². The number of aryl methyl sites for hydroxylation is 2. The predicted molar refractivity (Wildman–Crippen MR) is 163 cm³/mol. The Morgan fingerprint density at radius 1 is 0.900 bits per heavy atom. The number of hydrogen-bond acceptors (Lipinski definition) is 6. The molecule has 40 heavy (non-hydrogen) atoms. The molecule has 0 spiro atoms. The second kappa shape index (κ2) is 13.5. The molecular formula is C31H32ClN5O2S. The first-order valence-electron chi connectivity index (χ1n) is 12.8. The van der Waals surface area contributed by atoms with Crippen molar-refractivity contribution in [1.29, 1.82) is 0 Å². The Labute approximate surface area is 244 Å². The number of carbonyl (C=O) groups is 2. The molecule has 0 unspecified atom stereocenters. The lowest BCUT2D eigenvalue weighted by Gasteiger charge is -2.31. The van der Waals surface area contributed by atoms with Crippen LogP contribution in [-0.4, -0.2) is 46.5 Å².